The van der Waals surface area contributed by atoms with Crippen LogP contribution >= 0.6 is 11.8 Å². The van der Waals surface area contributed by atoms with Crippen LogP contribution < -0.4 is 4.74 Å². The zero-order chi connectivity index (χ0) is 13.7. The lowest BCUT2D eigenvalue weighted by Crippen LogP contribution is -2.40. The number of methoxy groups -OCH3 is 1. The number of hydrogen-bond donors (Lipinski definition) is 0. The van der Waals surface area contributed by atoms with Crippen LogP contribution in [0.15, 0.2) is 24.3 Å². The number of para-hydroxylation sites is 1. The van der Waals surface area contributed by atoms with E-state index >= 15 is 0 Å². The summed E-state index contributed by atoms with van der Waals surface area (Å²) < 4.78 is 5.25. The van der Waals surface area contributed by atoms with Crippen molar-refractivity contribution in [3.8, 4) is 5.75 Å². The van der Waals surface area contributed by atoms with Crippen LogP contribution in [0.5, 0.6) is 5.75 Å². The van der Waals surface area contributed by atoms with E-state index in [1.54, 1.807) is 7.11 Å². The molecule has 4 heteroatoms. The van der Waals surface area contributed by atoms with Crippen LogP contribution in [0.3, 0.4) is 0 Å². The molecule has 0 aliphatic carbocycles. The minimum atomic E-state index is 0.152. The molecule has 0 bridgehead atoms. The van der Waals surface area contributed by atoms with Crippen molar-refractivity contribution in [2.45, 2.75) is 18.6 Å². The molecule has 1 saturated heterocycles. The summed E-state index contributed by atoms with van der Waals surface area (Å²) in [4.78, 5) is 14.6. The summed E-state index contributed by atoms with van der Waals surface area (Å²) in [5.74, 6) is 1.95. The fourth-order valence-electron chi connectivity index (χ4n) is 2.33. The fraction of sp³-hybridized carbons (Fsp3) is 0.533. The Bertz CT molecular complexity index is 436. The van der Waals surface area contributed by atoms with Crippen molar-refractivity contribution in [2.75, 3.05) is 32.5 Å². The number of carbonyl (C=O) groups excluding carboxylic acids is 1. The minimum Gasteiger partial charge on any atom is -0.496 e. The number of nitrogens with zero attached hydrogens (tertiary/aromatic N) is 1. The lowest BCUT2D eigenvalue weighted by molar-refractivity contribution is 0.0929. The molecule has 104 valence electrons. The molecule has 3 nitrogen and oxygen atoms in total. The van der Waals surface area contributed by atoms with Gasteiger partial charge in [-0.1, -0.05) is 19.1 Å². The molecule has 0 amide bonds. The predicted molar refractivity (Wildman–Crippen MR) is 80.3 cm³/mol. The summed E-state index contributed by atoms with van der Waals surface area (Å²) in [6.45, 7) is 4.73. The highest BCUT2D eigenvalue weighted by molar-refractivity contribution is 8.00. The first-order valence-electron chi connectivity index (χ1n) is 6.74. The second-order valence-electron chi connectivity index (χ2n) is 4.76. The molecule has 1 aliphatic heterocycles. The second-order valence-corrected chi connectivity index (χ2v) is 6.17. The van der Waals surface area contributed by atoms with Gasteiger partial charge < -0.3 is 4.74 Å². The normalized spacial score (nSPS) is 20.2. The summed E-state index contributed by atoms with van der Waals surface area (Å²) in [5, 5.41) is 0.666. The third-order valence-corrected chi connectivity index (χ3v) is 4.82. The zero-order valence-electron chi connectivity index (χ0n) is 11.6. The molecule has 0 saturated carbocycles. The maximum atomic E-state index is 12.4. The second kappa shape index (κ2) is 6.96. The quantitative estimate of drug-likeness (QED) is 0.775. The van der Waals surface area contributed by atoms with Crippen LogP contribution in [0.2, 0.25) is 0 Å². The molecule has 0 radical (unpaired) electrons. The highest BCUT2D eigenvalue weighted by Crippen LogP contribution is 2.22. The van der Waals surface area contributed by atoms with Gasteiger partial charge in [-0.3, -0.25) is 9.69 Å². The van der Waals surface area contributed by atoms with Gasteiger partial charge in [-0.2, -0.15) is 11.8 Å². The smallest absolute Gasteiger partial charge is 0.180 e. The largest absolute Gasteiger partial charge is 0.496 e. The zero-order valence-corrected chi connectivity index (χ0v) is 12.4. The van der Waals surface area contributed by atoms with E-state index < -0.39 is 0 Å². The number of thioether (sulfide) groups is 1. The monoisotopic (exact) mass is 279 g/mol. The molecular formula is C15H21NO2S. The van der Waals surface area contributed by atoms with Crippen LogP contribution in [0, 0.1) is 0 Å². The number of hydrogen-bond acceptors (Lipinski definition) is 4. The van der Waals surface area contributed by atoms with Crippen LogP contribution in [0.4, 0.5) is 0 Å². The van der Waals surface area contributed by atoms with E-state index in [9.17, 15) is 4.79 Å². The first kappa shape index (κ1) is 14.4. The summed E-state index contributed by atoms with van der Waals surface area (Å²) in [5.41, 5.74) is 0.691. The van der Waals surface area contributed by atoms with Crippen molar-refractivity contribution in [3.05, 3.63) is 29.8 Å². The Morgan fingerprint density at radius 2 is 2.26 bits per heavy atom. The topological polar surface area (TPSA) is 29.5 Å². The molecule has 1 heterocycles. The summed E-state index contributed by atoms with van der Waals surface area (Å²) in [6.07, 6.45) is 1.17. The predicted octanol–water partition coefficient (Wildman–Crippen LogP) is 2.71. The van der Waals surface area contributed by atoms with E-state index in [1.165, 1.54) is 6.42 Å². The highest BCUT2D eigenvalue weighted by Gasteiger charge is 2.22. The van der Waals surface area contributed by atoms with Crippen molar-refractivity contribution >= 4 is 17.5 Å². The summed E-state index contributed by atoms with van der Waals surface area (Å²) in [6, 6.07) is 7.46. The Morgan fingerprint density at radius 3 is 3.00 bits per heavy atom. The molecule has 0 aromatic heterocycles. The first-order chi connectivity index (χ1) is 9.24. The average molecular weight is 279 g/mol. The van der Waals surface area contributed by atoms with E-state index in [1.807, 2.05) is 36.0 Å². The average Bonchev–Trinajstić information content (AvgIpc) is 2.47. The molecule has 1 aliphatic rings. The molecule has 0 N–H and O–H groups in total. The molecule has 0 spiro atoms. The van der Waals surface area contributed by atoms with Crippen molar-refractivity contribution < 1.29 is 9.53 Å². The highest BCUT2D eigenvalue weighted by atomic mass is 32.2. The van der Waals surface area contributed by atoms with Gasteiger partial charge in [0, 0.05) is 24.1 Å². The Kier molecular flexibility index (Phi) is 5.28. The Labute approximate surface area is 119 Å². The molecule has 1 aromatic rings. The van der Waals surface area contributed by atoms with Gasteiger partial charge in [0.2, 0.25) is 0 Å². The van der Waals surface area contributed by atoms with Gasteiger partial charge in [-0.05, 0) is 18.6 Å². The van der Waals surface area contributed by atoms with Gasteiger partial charge in [0.25, 0.3) is 0 Å². The molecule has 2 rings (SSSR count). The molecule has 1 atom stereocenters. The number of rotatable bonds is 5. The molecule has 1 aromatic carbocycles. The first-order valence-corrected chi connectivity index (χ1v) is 7.79. The lowest BCUT2D eigenvalue weighted by Gasteiger charge is -2.31. The summed E-state index contributed by atoms with van der Waals surface area (Å²) in [7, 11) is 1.61. The van der Waals surface area contributed by atoms with Gasteiger partial charge in [0.15, 0.2) is 5.78 Å². The standard InChI is InChI=1S/C15H21NO2S/c1-3-12-10-16(8-9-19-12)11-14(17)13-6-4-5-7-15(13)18-2/h4-7,12H,3,8-11H2,1-2H3. The number of carbonyl (C=O) groups is 1. The van der Waals surface area contributed by atoms with E-state index in [4.69, 9.17) is 4.74 Å². The van der Waals surface area contributed by atoms with Gasteiger partial charge in [0.1, 0.15) is 5.75 Å². The van der Waals surface area contributed by atoms with E-state index in [2.05, 4.69) is 11.8 Å². The van der Waals surface area contributed by atoms with Gasteiger partial charge >= 0.3 is 0 Å². The third kappa shape index (κ3) is 3.74. The van der Waals surface area contributed by atoms with Crippen LogP contribution in [-0.2, 0) is 0 Å². The number of ether oxygens (including phenoxy) is 1. The van der Waals surface area contributed by atoms with Crippen molar-refractivity contribution in [2.24, 2.45) is 0 Å². The van der Waals surface area contributed by atoms with Crippen LogP contribution in [0.1, 0.15) is 23.7 Å². The maximum Gasteiger partial charge on any atom is 0.180 e. The summed E-state index contributed by atoms with van der Waals surface area (Å²) >= 11 is 2.02. The van der Waals surface area contributed by atoms with E-state index in [0.717, 1.165) is 18.8 Å². The Hall–Kier alpha value is -1.000. The molecule has 1 fully saturated rings. The SMILES string of the molecule is CCC1CN(CC(=O)c2ccccc2OC)CCS1. The van der Waals surface area contributed by atoms with Crippen LogP contribution in [0.25, 0.3) is 0 Å². The molecular weight excluding hydrogens is 258 g/mol. The number of ketones is 1. The maximum absolute atomic E-state index is 12.4. The number of Topliss-reactive ketones (excluding diaryl/α,β-unsaturated/α-hetero) is 1. The fourth-order valence-corrected chi connectivity index (χ4v) is 3.58. The van der Waals surface area contributed by atoms with E-state index in [0.29, 0.717) is 23.1 Å². The van der Waals surface area contributed by atoms with E-state index in [-0.39, 0.29) is 5.78 Å². The number of benzene rings is 1. The third-order valence-electron chi connectivity index (χ3n) is 3.45. The lowest BCUT2D eigenvalue weighted by atomic mass is 10.1. The Balaban J connectivity index is 2.00. The molecule has 19 heavy (non-hydrogen) atoms. The van der Waals surface area contributed by atoms with Crippen molar-refractivity contribution in [1.82, 2.24) is 4.90 Å². The Morgan fingerprint density at radius 1 is 1.47 bits per heavy atom. The van der Waals surface area contributed by atoms with Crippen molar-refractivity contribution in [1.29, 1.82) is 0 Å². The van der Waals surface area contributed by atoms with Crippen molar-refractivity contribution in [3.63, 3.8) is 0 Å². The van der Waals surface area contributed by atoms with Gasteiger partial charge in [-0.25, -0.2) is 0 Å². The van der Waals surface area contributed by atoms with Crippen LogP contribution in [-0.4, -0.2) is 48.4 Å². The minimum absolute atomic E-state index is 0.152. The molecule has 1 unspecified atom stereocenters. The van der Waals surface area contributed by atoms with Gasteiger partial charge in [0.05, 0.1) is 19.2 Å². The van der Waals surface area contributed by atoms with Gasteiger partial charge in [-0.15, -0.1) is 0 Å².